The molecule has 2 aromatic carbocycles. The Morgan fingerprint density at radius 2 is 1.58 bits per heavy atom. The van der Waals surface area contributed by atoms with E-state index in [1.165, 1.54) is 4.57 Å². The topological polar surface area (TPSA) is 93.4 Å². The average Bonchev–Trinajstić information content (AvgIpc) is 2.98. The van der Waals surface area contributed by atoms with Gasteiger partial charge in [0.1, 0.15) is 0 Å². The minimum atomic E-state index is -3.34. The number of anilines is 1. The molecule has 0 atom stereocenters. The van der Waals surface area contributed by atoms with Crippen molar-refractivity contribution in [1.29, 1.82) is 0 Å². The molecular formula is C22H26N4O4S. The number of carbonyl (C=O) groups is 1. The lowest BCUT2D eigenvalue weighted by Crippen LogP contribution is -2.36. The zero-order valence-electron chi connectivity index (χ0n) is 17.7. The summed E-state index contributed by atoms with van der Waals surface area (Å²) in [6.07, 6.45) is 2.88. The largest absolute Gasteiger partial charge is 0.328 e. The van der Waals surface area contributed by atoms with Crippen molar-refractivity contribution >= 4 is 32.7 Å². The summed E-state index contributed by atoms with van der Waals surface area (Å²) >= 11 is 0. The van der Waals surface area contributed by atoms with Gasteiger partial charge in [-0.15, -0.1) is 0 Å². The van der Waals surface area contributed by atoms with E-state index in [0.29, 0.717) is 29.9 Å². The van der Waals surface area contributed by atoms with E-state index in [9.17, 15) is 18.0 Å². The molecule has 4 rings (SSSR count). The number of hydrogen-bond donors (Lipinski definition) is 1. The van der Waals surface area contributed by atoms with Crippen LogP contribution in [0.4, 0.5) is 5.69 Å². The molecule has 0 unspecified atom stereocenters. The zero-order chi connectivity index (χ0) is 22.2. The van der Waals surface area contributed by atoms with Gasteiger partial charge in [-0.05, 0) is 48.7 Å². The molecule has 9 heteroatoms. The number of sulfonamides is 1. The van der Waals surface area contributed by atoms with E-state index in [-0.39, 0.29) is 17.3 Å². The number of imidazole rings is 1. The summed E-state index contributed by atoms with van der Waals surface area (Å²) < 4.78 is 29.8. The third kappa shape index (κ3) is 4.28. The molecule has 8 nitrogen and oxygen atoms in total. The smallest absolute Gasteiger partial charge is 0.322 e. The van der Waals surface area contributed by atoms with Crippen molar-refractivity contribution in [1.82, 2.24) is 13.4 Å². The summed E-state index contributed by atoms with van der Waals surface area (Å²) in [6.45, 7) is 1.17. The summed E-state index contributed by atoms with van der Waals surface area (Å²) in [5.41, 5.74) is 3.04. The zero-order valence-corrected chi connectivity index (χ0v) is 18.5. The molecule has 1 amide bonds. The molecule has 31 heavy (non-hydrogen) atoms. The van der Waals surface area contributed by atoms with Crippen molar-refractivity contribution in [3.63, 3.8) is 0 Å². The molecule has 2 heterocycles. The Balaban J connectivity index is 1.46. The molecule has 164 valence electrons. The van der Waals surface area contributed by atoms with Crippen molar-refractivity contribution in [2.45, 2.75) is 25.0 Å². The van der Waals surface area contributed by atoms with Crippen LogP contribution in [0.3, 0.4) is 0 Å². The van der Waals surface area contributed by atoms with E-state index < -0.39 is 10.0 Å². The van der Waals surface area contributed by atoms with Crippen molar-refractivity contribution < 1.29 is 13.2 Å². The number of amides is 1. The first kappa shape index (κ1) is 21.3. The highest BCUT2D eigenvalue weighted by atomic mass is 32.2. The van der Waals surface area contributed by atoms with E-state index in [0.717, 1.165) is 30.3 Å². The van der Waals surface area contributed by atoms with Gasteiger partial charge in [0.05, 0.1) is 16.8 Å². The second-order valence-electron chi connectivity index (χ2n) is 7.97. The van der Waals surface area contributed by atoms with Crippen LogP contribution in [0.25, 0.3) is 11.0 Å². The van der Waals surface area contributed by atoms with Crippen LogP contribution in [-0.4, -0.2) is 40.9 Å². The van der Waals surface area contributed by atoms with E-state index in [4.69, 9.17) is 0 Å². The van der Waals surface area contributed by atoms with Gasteiger partial charge < -0.3 is 5.32 Å². The van der Waals surface area contributed by atoms with Crippen molar-refractivity contribution in [2.75, 3.05) is 18.4 Å². The minimum absolute atomic E-state index is 0.0619. The molecule has 1 aliphatic heterocycles. The van der Waals surface area contributed by atoms with Crippen molar-refractivity contribution in [3.8, 4) is 0 Å². The van der Waals surface area contributed by atoms with Crippen molar-refractivity contribution in [2.24, 2.45) is 14.1 Å². The quantitative estimate of drug-likeness (QED) is 0.657. The molecule has 0 spiro atoms. The molecule has 1 aromatic heterocycles. The minimum Gasteiger partial charge on any atom is -0.322 e. The highest BCUT2D eigenvalue weighted by molar-refractivity contribution is 7.88. The van der Waals surface area contributed by atoms with E-state index in [2.05, 4.69) is 5.32 Å². The Labute approximate surface area is 181 Å². The van der Waals surface area contributed by atoms with Crippen LogP contribution in [0.1, 0.15) is 35.2 Å². The Morgan fingerprint density at radius 3 is 2.26 bits per heavy atom. The van der Waals surface area contributed by atoms with Crippen LogP contribution in [0.15, 0.2) is 47.3 Å². The van der Waals surface area contributed by atoms with E-state index >= 15 is 0 Å². The summed E-state index contributed by atoms with van der Waals surface area (Å²) in [6, 6.07) is 11.9. The lowest BCUT2D eigenvalue weighted by molar-refractivity contribution is 0.102. The maximum atomic E-state index is 12.6. The van der Waals surface area contributed by atoms with Gasteiger partial charge in [-0.2, -0.15) is 0 Å². The predicted molar refractivity (Wildman–Crippen MR) is 121 cm³/mol. The average molecular weight is 443 g/mol. The van der Waals surface area contributed by atoms with Gasteiger partial charge in [0, 0.05) is 38.4 Å². The molecule has 1 N–H and O–H groups in total. The fourth-order valence-corrected chi connectivity index (χ4v) is 5.60. The number of aromatic nitrogens is 2. The standard InChI is InChI=1S/C22H26N4O4S/c1-24-19-11-10-18(14-20(19)25(2)22(24)28)23-21(27)17-8-6-16(7-9-17)15-31(29,30)26-12-4-3-5-13-26/h6-11,14H,3-5,12-13,15H2,1-2H3,(H,23,27). The monoisotopic (exact) mass is 442 g/mol. The molecule has 0 radical (unpaired) electrons. The Morgan fingerprint density at radius 1 is 0.935 bits per heavy atom. The molecule has 1 aliphatic rings. The number of rotatable bonds is 5. The molecule has 1 saturated heterocycles. The van der Waals surface area contributed by atoms with Gasteiger partial charge in [0.25, 0.3) is 5.91 Å². The molecule has 0 saturated carbocycles. The fraction of sp³-hybridized carbons (Fsp3) is 0.364. The summed E-state index contributed by atoms with van der Waals surface area (Å²) in [5.74, 6) is -0.362. The second-order valence-corrected chi connectivity index (χ2v) is 9.94. The molecule has 1 fully saturated rings. The first-order valence-corrected chi connectivity index (χ1v) is 11.9. The highest BCUT2D eigenvalue weighted by Gasteiger charge is 2.24. The summed E-state index contributed by atoms with van der Waals surface area (Å²) in [7, 11) is 0.0502. The van der Waals surface area contributed by atoms with Crippen LogP contribution in [0, 0.1) is 0 Å². The van der Waals surface area contributed by atoms with E-state index in [1.807, 2.05) is 0 Å². The normalized spacial score (nSPS) is 15.3. The lowest BCUT2D eigenvalue weighted by atomic mass is 10.1. The van der Waals surface area contributed by atoms with Gasteiger partial charge >= 0.3 is 5.69 Å². The van der Waals surface area contributed by atoms with Gasteiger partial charge in [-0.3, -0.25) is 13.9 Å². The summed E-state index contributed by atoms with van der Waals surface area (Å²) in [5, 5.41) is 2.84. The summed E-state index contributed by atoms with van der Waals surface area (Å²) in [4.78, 5) is 24.7. The van der Waals surface area contributed by atoms with Crippen LogP contribution in [-0.2, 0) is 29.9 Å². The van der Waals surface area contributed by atoms with Crippen molar-refractivity contribution in [3.05, 3.63) is 64.1 Å². The first-order valence-electron chi connectivity index (χ1n) is 10.3. The Bertz CT molecular complexity index is 1280. The number of nitrogens with one attached hydrogen (secondary N) is 1. The number of fused-ring (bicyclic) bond motifs is 1. The Hall–Kier alpha value is -2.91. The number of hydrogen-bond acceptors (Lipinski definition) is 4. The number of benzene rings is 2. The lowest BCUT2D eigenvalue weighted by Gasteiger charge is -2.25. The van der Waals surface area contributed by atoms with Crippen LogP contribution in [0.5, 0.6) is 0 Å². The Kier molecular flexibility index (Phi) is 5.72. The third-order valence-electron chi connectivity index (χ3n) is 5.80. The first-order chi connectivity index (χ1) is 14.8. The van der Waals surface area contributed by atoms with E-state index in [1.54, 1.807) is 65.4 Å². The molecule has 0 aliphatic carbocycles. The number of aryl methyl sites for hydroxylation is 2. The SMILES string of the molecule is Cn1c(=O)n(C)c2cc(NC(=O)c3ccc(CS(=O)(=O)N4CCCCC4)cc3)ccc21. The van der Waals surface area contributed by atoms with Crippen LogP contribution >= 0.6 is 0 Å². The predicted octanol–water partition coefficient (Wildman–Crippen LogP) is 2.44. The van der Waals surface area contributed by atoms with Crippen LogP contribution < -0.4 is 11.0 Å². The second kappa shape index (κ2) is 8.32. The highest BCUT2D eigenvalue weighted by Crippen LogP contribution is 2.20. The number of carbonyl (C=O) groups excluding carboxylic acids is 1. The molecule has 3 aromatic rings. The number of piperidine rings is 1. The molecular weight excluding hydrogens is 416 g/mol. The molecule has 0 bridgehead atoms. The maximum absolute atomic E-state index is 12.6. The fourth-order valence-electron chi connectivity index (χ4n) is 3.99. The number of nitrogens with zero attached hydrogens (tertiary/aromatic N) is 3. The third-order valence-corrected chi connectivity index (χ3v) is 7.65. The van der Waals surface area contributed by atoms with Gasteiger partial charge in [0.15, 0.2) is 0 Å². The van der Waals surface area contributed by atoms with Crippen LogP contribution in [0.2, 0.25) is 0 Å². The van der Waals surface area contributed by atoms with Gasteiger partial charge in [-0.1, -0.05) is 18.6 Å². The van der Waals surface area contributed by atoms with Gasteiger partial charge in [0.2, 0.25) is 10.0 Å². The van der Waals surface area contributed by atoms with Gasteiger partial charge in [-0.25, -0.2) is 17.5 Å². The maximum Gasteiger partial charge on any atom is 0.328 e.